The van der Waals surface area contributed by atoms with Crippen molar-refractivity contribution < 1.29 is 4.52 Å². The van der Waals surface area contributed by atoms with Crippen molar-refractivity contribution in [2.24, 2.45) is 5.41 Å². The summed E-state index contributed by atoms with van der Waals surface area (Å²) in [6.07, 6.45) is 1.71. The SMILES string of the molecule is CC(c1noc(-c2ccccn2)n1)C(C)(C)C. The van der Waals surface area contributed by atoms with Crippen LogP contribution in [-0.4, -0.2) is 15.1 Å². The zero-order valence-corrected chi connectivity index (χ0v) is 10.6. The standard InChI is InChI=1S/C13H17N3O/c1-9(13(2,3)4)11-15-12(17-16-11)10-7-5-6-8-14-10/h5-9H,1-4H3. The van der Waals surface area contributed by atoms with Gasteiger partial charge in [-0.25, -0.2) is 0 Å². The van der Waals surface area contributed by atoms with Crippen LogP contribution in [0.2, 0.25) is 0 Å². The van der Waals surface area contributed by atoms with Gasteiger partial charge >= 0.3 is 0 Å². The van der Waals surface area contributed by atoms with E-state index in [9.17, 15) is 0 Å². The Kier molecular flexibility index (Phi) is 2.96. The first kappa shape index (κ1) is 11.8. The highest BCUT2D eigenvalue weighted by Gasteiger charge is 2.26. The van der Waals surface area contributed by atoms with Gasteiger partial charge in [0.1, 0.15) is 5.69 Å². The molecule has 1 atom stereocenters. The van der Waals surface area contributed by atoms with Crippen molar-refractivity contribution in [2.75, 3.05) is 0 Å². The van der Waals surface area contributed by atoms with Gasteiger partial charge in [0.15, 0.2) is 5.82 Å². The van der Waals surface area contributed by atoms with Crippen molar-refractivity contribution in [3.63, 3.8) is 0 Å². The normalized spacial score (nSPS) is 13.6. The average molecular weight is 231 g/mol. The molecule has 4 heteroatoms. The molecule has 90 valence electrons. The molecule has 0 aromatic carbocycles. The zero-order valence-electron chi connectivity index (χ0n) is 10.6. The third-order valence-corrected chi connectivity index (χ3v) is 3.01. The molecular weight excluding hydrogens is 214 g/mol. The van der Waals surface area contributed by atoms with Crippen LogP contribution in [0, 0.1) is 5.41 Å². The summed E-state index contributed by atoms with van der Waals surface area (Å²) in [6, 6.07) is 5.62. The second-order valence-electron chi connectivity index (χ2n) is 5.26. The molecule has 2 aromatic heterocycles. The largest absolute Gasteiger partial charge is 0.332 e. The highest BCUT2D eigenvalue weighted by Crippen LogP contribution is 2.33. The smallest absolute Gasteiger partial charge is 0.276 e. The van der Waals surface area contributed by atoms with E-state index in [1.165, 1.54) is 0 Å². The van der Waals surface area contributed by atoms with E-state index in [0.717, 1.165) is 5.82 Å². The molecule has 0 spiro atoms. The molecule has 17 heavy (non-hydrogen) atoms. The Labute approximate surface area is 101 Å². The van der Waals surface area contributed by atoms with Gasteiger partial charge in [0.2, 0.25) is 0 Å². The molecule has 2 heterocycles. The van der Waals surface area contributed by atoms with E-state index in [1.54, 1.807) is 6.20 Å². The van der Waals surface area contributed by atoms with Gasteiger partial charge in [0, 0.05) is 12.1 Å². The van der Waals surface area contributed by atoms with Gasteiger partial charge in [-0.15, -0.1) is 0 Å². The fourth-order valence-corrected chi connectivity index (χ4v) is 1.39. The Morgan fingerprint density at radius 1 is 1.24 bits per heavy atom. The van der Waals surface area contributed by atoms with Crippen molar-refractivity contribution in [1.82, 2.24) is 15.1 Å². The summed E-state index contributed by atoms with van der Waals surface area (Å²) in [5.74, 6) is 1.46. The van der Waals surface area contributed by atoms with Gasteiger partial charge in [-0.3, -0.25) is 4.98 Å². The van der Waals surface area contributed by atoms with E-state index in [0.29, 0.717) is 11.6 Å². The Balaban J connectivity index is 2.28. The van der Waals surface area contributed by atoms with Crippen LogP contribution in [0.25, 0.3) is 11.6 Å². The lowest BCUT2D eigenvalue weighted by Gasteiger charge is -2.23. The van der Waals surface area contributed by atoms with Crippen LogP contribution < -0.4 is 0 Å². The second-order valence-corrected chi connectivity index (χ2v) is 5.26. The van der Waals surface area contributed by atoms with Gasteiger partial charge in [-0.2, -0.15) is 4.98 Å². The van der Waals surface area contributed by atoms with Crippen molar-refractivity contribution in [3.8, 4) is 11.6 Å². The summed E-state index contributed by atoms with van der Waals surface area (Å²) in [4.78, 5) is 8.59. The molecule has 0 amide bonds. The summed E-state index contributed by atoms with van der Waals surface area (Å²) in [5.41, 5.74) is 0.831. The summed E-state index contributed by atoms with van der Waals surface area (Å²) in [6.45, 7) is 8.59. The van der Waals surface area contributed by atoms with E-state index in [4.69, 9.17) is 4.52 Å². The van der Waals surface area contributed by atoms with Crippen LogP contribution in [0.1, 0.15) is 39.4 Å². The second kappa shape index (κ2) is 4.28. The number of hydrogen-bond donors (Lipinski definition) is 0. The van der Waals surface area contributed by atoms with Gasteiger partial charge in [0.05, 0.1) is 0 Å². The van der Waals surface area contributed by atoms with Crippen LogP contribution in [0.15, 0.2) is 28.9 Å². The topological polar surface area (TPSA) is 51.8 Å². The van der Waals surface area contributed by atoms with Crippen molar-refractivity contribution >= 4 is 0 Å². The van der Waals surface area contributed by atoms with Crippen molar-refractivity contribution in [3.05, 3.63) is 30.2 Å². The van der Waals surface area contributed by atoms with Gasteiger partial charge < -0.3 is 4.52 Å². The predicted octanol–water partition coefficient (Wildman–Crippen LogP) is 3.28. The first-order valence-electron chi connectivity index (χ1n) is 5.73. The Morgan fingerprint density at radius 3 is 2.59 bits per heavy atom. The molecule has 4 nitrogen and oxygen atoms in total. The lowest BCUT2D eigenvalue weighted by Crippen LogP contribution is -2.16. The molecule has 2 rings (SSSR count). The summed E-state index contributed by atoms with van der Waals surface area (Å²) in [5, 5.41) is 4.03. The molecule has 0 saturated heterocycles. The minimum Gasteiger partial charge on any atom is -0.332 e. The number of aromatic nitrogens is 3. The highest BCUT2D eigenvalue weighted by atomic mass is 16.5. The van der Waals surface area contributed by atoms with Gasteiger partial charge in [0.25, 0.3) is 5.89 Å². The maximum Gasteiger partial charge on any atom is 0.276 e. The minimum atomic E-state index is 0.116. The molecule has 0 fully saturated rings. The van der Waals surface area contributed by atoms with Gasteiger partial charge in [-0.1, -0.05) is 38.9 Å². The van der Waals surface area contributed by atoms with E-state index >= 15 is 0 Å². The van der Waals surface area contributed by atoms with Gasteiger partial charge in [-0.05, 0) is 17.5 Å². The quantitative estimate of drug-likeness (QED) is 0.795. The first-order chi connectivity index (χ1) is 7.98. The molecule has 1 unspecified atom stereocenters. The number of hydrogen-bond acceptors (Lipinski definition) is 4. The maximum absolute atomic E-state index is 5.24. The number of nitrogens with zero attached hydrogens (tertiary/aromatic N) is 3. The molecule has 2 aromatic rings. The van der Waals surface area contributed by atoms with Crippen LogP contribution in [-0.2, 0) is 0 Å². The maximum atomic E-state index is 5.24. The minimum absolute atomic E-state index is 0.116. The molecule has 0 aliphatic rings. The summed E-state index contributed by atoms with van der Waals surface area (Å²) < 4.78 is 5.24. The number of rotatable bonds is 2. The molecule has 0 bridgehead atoms. The van der Waals surface area contributed by atoms with Crippen LogP contribution in [0.5, 0.6) is 0 Å². The Morgan fingerprint density at radius 2 is 2.00 bits per heavy atom. The predicted molar refractivity (Wildman–Crippen MR) is 65.4 cm³/mol. The number of pyridine rings is 1. The average Bonchev–Trinajstić information content (AvgIpc) is 2.77. The van der Waals surface area contributed by atoms with E-state index in [-0.39, 0.29) is 11.3 Å². The fraction of sp³-hybridized carbons (Fsp3) is 0.462. The van der Waals surface area contributed by atoms with Crippen molar-refractivity contribution in [2.45, 2.75) is 33.6 Å². The van der Waals surface area contributed by atoms with Crippen LogP contribution in [0.3, 0.4) is 0 Å². The lowest BCUT2D eigenvalue weighted by molar-refractivity contribution is 0.315. The first-order valence-corrected chi connectivity index (χ1v) is 5.73. The Bertz CT molecular complexity index is 485. The summed E-state index contributed by atoms with van der Waals surface area (Å²) >= 11 is 0. The Hall–Kier alpha value is -1.71. The molecule has 0 aliphatic carbocycles. The molecule has 0 aliphatic heterocycles. The fourth-order valence-electron chi connectivity index (χ4n) is 1.39. The molecule has 0 radical (unpaired) electrons. The van der Waals surface area contributed by atoms with Crippen molar-refractivity contribution in [1.29, 1.82) is 0 Å². The van der Waals surface area contributed by atoms with E-state index in [1.807, 2.05) is 18.2 Å². The molecular formula is C13H17N3O. The summed E-state index contributed by atoms with van der Waals surface area (Å²) in [7, 11) is 0. The van der Waals surface area contributed by atoms with Crippen LogP contribution >= 0.6 is 0 Å². The lowest BCUT2D eigenvalue weighted by atomic mass is 9.82. The van der Waals surface area contributed by atoms with E-state index in [2.05, 4.69) is 42.8 Å². The zero-order chi connectivity index (χ0) is 12.5. The van der Waals surface area contributed by atoms with E-state index < -0.39 is 0 Å². The molecule has 0 saturated carbocycles. The highest BCUT2D eigenvalue weighted by molar-refractivity contribution is 5.45. The third kappa shape index (κ3) is 2.52. The van der Waals surface area contributed by atoms with Crippen LogP contribution in [0.4, 0.5) is 0 Å². The monoisotopic (exact) mass is 231 g/mol. The third-order valence-electron chi connectivity index (χ3n) is 3.01. The molecule has 0 N–H and O–H groups in total.